The Bertz CT molecular complexity index is 952. The van der Waals surface area contributed by atoms with Crippen LogP contribution in [0.25, 0.3) is 5.65 Å². The minimum atomic E-state index is -4.75. The van der Waals surface area contributed by atoms with E-state index >= 15 is 0 Å². The van der Waals surface area contributed by atoms with Gasteiger partial charge in [-0.05, 0) is 28.7 Å². The van der Waals surface area contributed by atoms with Gasteiger partial charge in [0, 0.05) is 12.6 Å². The molecule has 0 bridgehead atoms. The van der Waals surface area contributed by atoms with Gasteiger partial charge in [-0.2, -0.15) is 22.6 Å². The maximum Gasteiger partial charge on any atom is 0.416 e. The Labute approximate surface area is 137 Å². The van der Waals surface area contributed by atoms with E-state index < -0.39 is 34.8 Å². The number of rotatable bonds is 4. The van der Waals surface area contributed by atoms with E-state index in [4.69, 9.17) is 0 Å². The highest BCUT2D eigenvalue weighted by Gasteiger charge is 2.34. The molecule has 0 unspecified atom stereocenters. The molecule has 1 N–H and O–H groups in total. The van der Waals surface area contributed by atoms with Crippen LogP contribution in [-0.4, -0.2) is 14.3 Å². The highest BCUT2D eigenvalue weighted by atomic mass is 19.4. The number of nitrogens with one attached hydrogen (secondary N) is 1. The number of alkyl halides is 3. The van der Waals surface area contributed by atoms with Crippen molar-refractivity contribution in [3.05, 3.63) is 69.7 Å². The minimum absolute atomic E-state index is 0.173. The van der Waals surface area contributed by atoms with Gasteiger partial charge in [0.1, 0.15) is 5.82 Å². The average molecular weight is 354 g/mol. The van der Waals surface area contributed by atoms with E-state index in [0.29, 0.717) is 6.07 Å². The summed E-state index contributed by atoms with van der Waals surface area (Å²) in [6.45, 7) is -0.403. The molecule has 6 nitrogen and oxygen atoms in total. The number of halogens is 4. The zero-order chi connectivity index (χ0) is 18.2. The first-order valence-corrected chi connectivity index (χ1v) is 6.98. The SMILES string of the molecule is O=[N+]([O-])c1c(NCc2ccc(F)cc2C(F)(F)F)nc2ccccn12. The van der Waals surface area contributed by atoms with Gasteiger partial charge in [0.25, 0.3) is 0 Å². The monoisotopic (exact) mass is 354 g/mol. The van der Waals surface area contributed by atoms with Crippen LogP contribution in [-0.2, 0) is 12.7 Å². The number of pyridine rings is 1. The zero-order valence-electron chi connectivity index (χ0n) is 12.4. The number of fused-ring (bicyclic) bond motifs is 1. The smallest absolute Gasteiger partial charge is 0.359 e. The second-order valence-electron chi connectivity index (χ2n) is 5.12. The number of hydrogen-bond donors (Lipinski definition) is 1. The molecular weight excluding hydrogens is 344 g/mol. The molecule has 10 heteroatoms. The van der Waals surface area contributed by atoms with E-state index in [1.54, 1.807) is 12.1 Å². The van der Waals surface area contributed by atoms with E-state index in [9.17, 15) is 27.7 Å². The average Bonchev–Trinajstić information content (AvgIpc) is 2.91. The lowest BCUT2D eigenvalue weighted by Gasteiger charge is -2.13. The molecule has 0 amide bonds. The Kier molecular flexibility index (Phi) is 4.03. The van der Waals surface area contributed by atoms with Gasteiger partial charge in [0.05, 0.1) is 11.8 Å². The van der Waals surface area contributed by atoms with E-state index in [2.05, 4.69) is 10.3 Å². The molecule has 0 saturated heterocycles. The Morgan fingerprint density at radius 3 is 2.68 bits per heavy atom. The van der Waals surface area contributed by atoms with Crippen molar-refractivity contribution in [2.24, 2.45) is 0 Å². The van der Waals surface area contributed by atoms with Gasteiger partial charge in [-0.15, -0.1) is 0 Å². The van der Waals surface area contributed by atoms with Crippen molar-refractivity contribution < 1.29 is 22.5 Å². The molecule has 0 aliphatic rings. The van der Waals surface area contributed by atoms with Crippen LogP contribution >= 0.6 is 0 Å². The maximum absolute atomic E-state index is 13.1. The number of nitrogens with zero attached hydrogens (tertiary/aromatic N) is 3. The number of hydrogen-bond acceptors (Lipinski definition) is 4. The Morgan fingerprint density at radius 1 is 1.24 bits per heavy atom. The number of imidazole rings is 1. The predicted molar refractivity (Wildman–Crippen MR) is 80.6 cm³/mol. The first kappa shape index (κ1) is 16.7. The zero-order valence-corrected chi connectivity index (χ0v) is 12.4. The van der Waals surface area contributed by atoms with E-state index in [1.165, 1.54) is 16.7 Å². The molecule has 2 heterocycles. The number of benzene rings is 1. The number of anilines is 1. The molecule has 130 valence electrons. The largest absolute Gasteiger partial charge is 0.416 e. The summed E-state index contributed by atoms with van der Waals surface area (Å²) in [6.07, 6.45) is -3.32. The molecule has 0 fully saturated rings. The van der Waals surface area contributed by atoms with Crippen molar-refractivity contribution in [1.29, 1.82) is 0 Å². The molecule has 25 heavy (non-hydrogen) atoms. The Morgan fingerprint density at radius 2 is 2.00 bits per heavy atom. The van der Waals surface area contributed by atoms with E-state index in [-0.39, 0.29) is 17.0 Å². The molecular formula is C15H10F4N4O2. The fourth-order valence-electron chi connectivity index (χ4n) is 2.42. The number of nitro groups is 1. The van der Waals surface area contributed by atoms with Crippen LogP contribution in [0, 0.1) is 15.9 Å². The van der Waals surface area contributed by atoms with Gasteiger partial charge in [-0.25, -0.2) is 4.39 Å². The summed E-state index contributed by atoms with van der Waals surface area (Å²) in [5.41, 5.74) is -1.13. The van der Waals surface area contributed by atoms with Crippen LogP contribution in [0.1, 0.15) is 11.1 Å². The highest BCUT2D eigenvalue weighted by molar-refractivity contribution is 5.62. The van der Waals surface area contributed by atoms with Gasteiger partial charge in [0.15, 0.2) is 0 Å². The topological polar surface area (TPSA) is 72.5 Å². The summed E-state index contributed by atoms with van der Waals surface area (Å²) in [7, 11) is 0. The summed E-state index contributed by atoms with van der Waals surface area (Å²) in [6, 6.07) is 6.97. The van der Waals surface area contributed by atoms with Gasteiger partial charge in [-0.1, -0.05) is 12.1 Å². The maximum atomic E-state index is 13.1. The molecule has 0 atom stereocenters. The standard InChI is InChI=1S/C15H10F4N4O2/c16-10-5-4-9(11(7-10)15(17,18)19)8-20-13-14(23(24)25)22-6-2-1-3-12(22)21-13/h1-7,20H,8H2. The quantitative estimate of drug-likeness (QED) is 0.436. The first-order chi connectivity index (χ1) is 11.8. The van der Waals surface area contributed by atoms with E-state index in [0.717, 1.165) is 12.1 Å². The van der Waals surface area contributed by atoms with Crippen molar-refractivity contribution in [2.45, 2.75) is 12.7 Å². The fourth-order valence-corrected chi connectivity index (χ4v) is 2.42. The molecule has 1 aromatic carbocycles. The second kappa shape index (κ2) is 6.04. The minimum Gasteiger partial charge on any atom is -0.359 e. The Balaban J connectivity index is 1.97. The van der Waals surface area contributed by atoms with Crippen LogP contribution in [0.15, 0.2) is 42.6 Å². The summed E-state index contributed by atoms with van der Waals surface area (Å²) < 4.78 is 53.4. The van der Waals surface area contributed by atoms with E-state index in [1.807, 2.05) is 0 Å². The second-order valence-corrected chi connectivity index (χ2v) is 5.12. The summed E-state index contributed by atoms with van der Waals surface area (Å²) in [5.74, 6) is -1.59. The third-order valence-electron chi connectivity index (χ3n) is 3.50. The molecule has 3 rings (SSSR count). The fraction of sp³-hybridized carbons (Fsp3) is 0.133. The van der Waals surface area contributed by atoms with Crippen molar-refractivity contribution >= 4 is 17.3 Å². The molecule has 3 aromatic rings. The molecule has 0 aliphatic carbocycles. The van der Waals surface area contributed by atoms with Gasteiger partial charge < -0.3 is 15.4 Å². The molecule has 0 radical (unpaired) electrons. The van der Waals surface area contributed by atoms with Crippen LogP contribution < -0.4 is 5.32 Å². The molecule has 0 spiro atoms. The highest BCUT2D eigenvalue weighted by Crippen LogP contribution is 2.33. The lowest BCUT2D eigenvalue weighted by molar-refractivity contribution is -0.389. The van der Waals surface area contributed by atoms with Crippen molar-refractivity contribution in [2.75, 3.05) is 5.32 Å². The first-order valence-electron chi connectivity index (χ1n) is 6.98. The van der Waals surface area contributed by atoms with Gasteiger partial charge in [-0.3, -0.25) is 0 Å². The van der Waals surface area contributed by atoms with Crippen LogP contribution in [0.2, 0.25) is 0 Å². The van der Waals surface area contributed by atoms with Crippen LogP contribution in [0.3, 0.4) is 0 Å². The summed E-state index contributed by atoms with van der Waals surface area (Å²) >= 11 is 0. The normalized spacial score (nSPS) is 11.7. The van der Waals surface area contributed by atoms with Crippen LogP contribution in [0.5, 0.6) is 0 Å². The van der Waals surface area contributed by atoms with Gasteiger partial charge in [0.2, 0.25) is 11.5 Å². The van der Waals surface area contributed by atoms with Crippen molar-refractivity contribution in [1.82, 2.24) is 9.38 Å². The van der Waals surface area contributed by atoms with Gasteiger partial charge >= 0.3 is 12.0 Å². The number of aromatic nitrogens is 2. The Hall–Kier alpha value is -3.17. The third kappa shape index (κ3) is 3.23. The molecule has 0 saturated carbocycles. The van der Waals surface area contributed by atoms with Crippen molar-refractivity contribution in [3.63, 3.8) is 0 Å². The van der Waals surface area contributed by atoms with Crippen molar-refractivity contribution in [3.8, 4) is 0 Å². The summed E-state index contributed by atoms with van der Waals surface area (Å²) in [4.78, 5) is 14.6. The lowest BCUT2D eigenvalue weighted by atomic mass is 10.1. The molecule has 0 aliphatic heterocycles. The third-order valence-corrected chi connectivity index (χ3v) is 3.50. The lowest BCUT2D eigenvalue weighted by Crippen LogP contribution is -2.13. The predicted octanol–water partition coefficient (Wildman–Crippen LogP) is 4.01. The summed E-state index contributed by atoms with van der Waals surface area (Å²) in [5, 5.41) is 13.8. The molecule has 2 aromatic heterocycles. The van der Waals surface area contributed by atoms with Crippen LogP contribution in [0.4, 0.5) is 29.2 Å².